The summed E-state index contributed by atoms with van der Waals surface area (Å²) in [6.45, 7) is 8.83. The molecule has 2 aliphatic carbocycles. The van der Waals surface area contributed by atoms with E-state index in [1.165, 1.54) is 0 Å². The first kappa shape index (κ1) is 17.2. The lowest BCUT2D eigenvalue weighted by Crippen LogP contribution is -2.48. The summed E-state index contributed by atoms with van der Waals surface area (Å²) in [4.78, 5) is 36.3. The maximum Gasteiger partial charge on any atom is 0.344 e. The molecular weight excluding hydrogens is 312 g/mol. The molecule has 0 spiro atoms. The van der Waals surface area contributed by atoms with Crippen LogP contribution in [0.3, 0.4) is 0 Å². The van der Waals surface area contributed by atoms with Crippen LogP contribution in [0.5, 0.6) is 0 Å². The molecule has 2 bridgehead atoms. The van der Waals surface area contributed by atoms with Crippen LogP contribution in [0.15, 0.2) is 0 Å². The van der Waals surface area contributed by atoms with Crippen molar-refractivity contribution in [2.24, 2.45) is 22.7 Å². The summed E-state index contributed by atoms with van der Waals surface area (Å²) in [5, 5.41) is 0. The van der Waals surface area contributed by atoms with Crippen LogP contribution >= 0.6 is 0 Å². The van der Waals surface area contributed by atoms with Crippen molar-refractivity contribution in [2.75, 3.05) is 6.61 Å². The van der Waals surface area contributed by atoms with Crippen molar-refractivity contribution >= 4 is 17.9 Å². The highest BCUT2D eigenvalue weighted by atomic mass is 16.6. The van der Waals surface area contributed by atoms with E-state index in [9.17, 15) is 14.4 Å². The third-order valence-electron chi connectivity index (χ3n) is 6.47. The number of fused-ring (bicyclic) bond motifs is 1. The van der Waals surface area contributed by atoms with E-state index in [-0.39, 0.29) is 17.8 Å². The standard InChI is InChI=1S/C18H26O6/c1-6-16(2,3)14(20)22-9-12(19)23-13-10-7-11-17(4,8-10)15(21)24-18(11,13)5/h10-11,13H,6-9H2,1-5H3. The van der Waals surface area contributed by atoms with E-state index in [1.807, 2.05) is 20.8 Å². The van der Waals surface area contributed by atoms with Crippen LogP contribution in [0.2, 0.25) is 0 Å². The van der Waals surface area contributed by atoms with Gasteiger partial charge < -0.3 is 14.2 Å². The van der Waals surface area contributed by atoms with E-state index in [0.29, 0.717) is 12.8 Å². The Morgan fingerprint density at radius 2 is 2.00 bits per heavy atom. The Labute approximate surface area is 142 Å². The fourth-order valence-electron chi connectivity index (χ4n) is 4.62. The van der Waals surface area contributed by atoms with Gasteiger partial charge in [0.1, 0.15) is 6.10 Å². The molecule has 1 heterocycles. The molecule has 0 radical (unpaired) electrons. The molecule has 5 atom stereocenters. The highest BCUT2D eigenvalue weighted by Crippen LogP contribution is 2.66. The third-order valence-corrected chi connectivity index (χ3v) is 6.47. The number of carbonyl (C=O) groups is 3. The molecule has 5 unspecified atom stereocenters. The molecule has 0 N–H and O–H groups in total. The van der Waals surface area contributed by atoms with Gasteiger partial charge in [0, 0.05) is 11.8 Å². The van der Waals surface area contributed by atoms with Crippen molar-refractivity contribution < 1.29 is 28.6 Å². The Morgan fingerprint density at radius 3 is 2.62 bits per heavy atom. The van der Waals surface area contributed by atoms with E-state index >= 15 is 0 Å². The van der Waals surface area contributed by atoms with Crippen molar-refractivity contribution in [2.45, 2.75) is 65.6 Å². The SMILES string of the molecule is CCC(C)(C)C(=O)OCC(=O)OC1C2CC3C(C)(C2)C(=O)OC13C. The summed E-state index contributed by atoms with van der Waals surface area (Å²) in [5.74, 6) is -0.975. The minimum Gasteiger partial charge on any atom is -0.455 e. The second kappa shape index (κ2) is 5.20. The smallest absolute Gasteiger partial charge is 0.344 e. The normalized spacial score (nSPS) is 39.7. The van der Waals surface area contributed by atoms with Gasteiger partial charge in [0.05, 0.1) is 10.8 Å². The lowest BCUT2D eigenvalue weighted by Gasteiger charge is -2.36. The topological polar surface area (TPSA) is 78.9 Å². The summed E-state index contributed by atoms with van der Waals surface area (Å²) in [6, 6.07) is 0. The first-order valence-corrected chi connectivity index (χ1v) is 8.65. The molecule has 0 aromatic heterocycles. The fourth-order valence-corrected chi connectivity index (χ4v) is 4.62. The molecule has 0 aromatic rings. The first-order valence-electron chi connectivity index (χ1n) is 8.65. The molecule has 24 heavy (non-hydrogen) atoms. The number of ether oxygens (including phenoxy) is 3. The van der Waals surface area contributed by atoms with Gasteiger partial charge in [0.25, 0.3) is 0 Å². The zero-order valence-electron chi connectivity index (χ0n) is 15.0. The van der Waals surface area contributed by atoms with E-state index in [2.05, 4.69) is 0 Å². The maximum absolute atomic E-state index is 12.2. The molecule has 0 aromatic carbocycles. The van der Waals surface area contributed by atoms with Gasteiger partial charge >= 0.3 is 17.9 Å². The van der Waals surface area contributed by atoms with E-state index in [4.69, 9.17) is 14.2 Å². The summed E-state index contributed by atoms with van der Waals surface area (Å²) in [5.41, 5.74) is -1.82. The lowest BCUT2D eigenvalue weighted by molar-refractivity contribution is -0.181. The van der Waals surface area contributed by atoms with E-state index in [1.54, 1.807) is 13.8 Å². The van der Waals surface area contributed by atoms with Gasteiger partial charge in [-0.2, -0.15) is 0 Å². The quantitative estimate of drug-likeness (QED) is 0.565. The molecule has 0 amide bonds. The Kier molecular flexibility index (Phi) is 3.74. The summed E-state index contributed by atoms with van der Waals surface area (Å²) < 4.78 is 16.3. The molecule has 1 aliphatic heterocycles. The van der Waals surface area contributed by atoms with Crippen molar-refractivity contribution in [3.05, 3.63) is 0 Å². The van der Waals surface area contributed by atoms with Crippen LogP contribution in [-0.4, -0.2) is 36.2 Å². The number of carbonyl (C=O) groups excluding carboxylic acids is 3. The number of hydrogen-bond donors (Lipinski definition) is 0. The van der Waals surface area contributed by atoms with Crippen LogP contribution < -0.4 is 0 Å². The minimum atomic E-state index is -0.753. The van der Waals surface area contributed by atoms with Gasteiger partial charge in [-0.3, -0.25) is 9.59 Å². The van der Waals surface area contributed by atoms with Gasteiger partial charge in [0.2, 0.25) is 0 Å². The Balaban J connectivity index is 1.61. The molecule has 3 fully saturated rings. The molecular formula is C18H26O6. The second-order valence-electron chi connectivity index (χ2n) is 8.47. The largest absolute Gasteiger partial charge is 0.455 e. The predicted molar refractivity (Wildman–Crippen MR) is 83.7 cm³/mol. The molecule has 3 aliphatic rings. The van der Waals surface area contributed by atoms with Gasteiger partial charge in [-0.15, -0.1) is 0 Å². The average Bonchev–Trinajstić information content (AvgIpc) is 3.03. The first-order chi connectivity index (χ1) is 11.0. The van der Waals surface area contributed by atoms with Crippen LogP contribution in [-0.2, 0) is 28.6 Å². The number of hydrogen-bond acceptors (Lipinski definition) is 6. The summed E-state index contributed by atoms with van der Waals surface area (Å²) in [6.07, 6.45) is 1.69. The zero-order chi connectivity index (χ0) is 17.9. The second-order valence-corrected chi connectivity index (χ2v) is 8.47. The van der Waals surface area contributed by atoms with Crippen molar-refractivity contribution in [1.29, 1.82) is 0 Å². The third kappa shape index (κ3) is 2.25. The number of rotatable bonds is 5. The van der Waals surface area contributed by atoms with Gasteiger partial charge in [-0.05, 0) is 47.0 Å². The predicted octanol–water partition coefficient (Wildman–Crippen LogP) is 2.24. The van der Waals surface area contributed by atoms with E-state index < -0.39 is 41.1 Å². The van der Waals surface area contributed by atoms with Crippen LogP contribution in [0, 0.1) is 22.7 Å². The minimum absolute atomic E-state index is 0.0851. The lowest BCUT2D eigenvalue weighted by atomic mass is 9.70. The van der Waals surface area contributed by atoms with Crippen molar-refractivity contribution in [1.82, 2.24) is 0 Å². The van der Waals surface area contributed by atoms with Crippen LogP contribution in [0.1, 0.15) is 53.9 Å². The van der Waals surface area contributed by atoms with Gasteiger partial charge in [-0.25, -0.2) is 4.79 Å². The van der Waals surface area contributed by atoms with Crippen LogP contribution in [0.25, 0.3) is 0 Å². The summed E-state index contributed by atoms with van der Waals surface area (Å²) >= 11 is 0. The molecule has 6 nitrogen and oxygen atoms in total. The van der Waals surface area contributed by atoms with Crippen molar-refractivity contribution in [3.63, 3.8) is 0 Å². The highest BCUT2D eigenvalue weighted by molar-refractivity contribution is 5.82. The Morgan fingerprint density at radius 1 is 1.33 bits per heavy atom. The van der Waals surface area contributed by atoms with Gasteiger partial charge in [0.15, 0.2) is 12.2 Å². The Bertz CT molecular complexity index is 596. The Hall–Kier alpha value is -1.59. The molecule has 2 saturated carbocycles. The number of esters is 3. The monoisotopic (exact) mass is 338 g/mol. The fraction of sp³-hybridized carbons (Fsp3) is 0.833. The maximum atomic E-state index is 12.2. The molecule has 134 valence electrons. The van der Waals surface area contributed by atoms with Crippen molar-refractivity contribution in [3.8, 4) is 0 Å². The van der Waals surface area contributed by atoms with Gasteiger partial charge in [-0.1, -0.05) is 6.92 Å². The average molecular weight is 338 g/mol. The molecule has 6 heteroatoms. The molecule has 3 rings (SSSR count). The zero-order valence-corrected chi connectivity index (χ0v) is 15.0. The summed E-state index contributed by atoms with van der Waals surface area (Å²) in [7, 11) is 0. The van der Waals surface area contributed by atoms with Crippen LogP contribution in [0.4, 0.5) is 0 Å². The molecule has 1 saturated heterocycles. The van der Waals surface area contributed by atoms with E-state index in [0.717, 1.165) is 6.42 Å². The highest BCUT2D eigenvalue weighted by Gasteiger charge is 2.75.